The van der Waals surface area contributed by atoms with Gasteiger partial charge >= 0.3 is 5.92 Å². The predicted octanol–water partition coefficient (Wildman–Crippen LogP) is 3.33. The van der Waals surface area contributed by atoms with Crippen molar-refractivity contribution in [1.29, 1.82) is 0 Å². The molecule has 1 aliphatic carbocycles. The highest BCUT2D eigenvalue weighted by Crippen LogP contribution is 2.36. The lowest BCUT2D eigenvalue weighted by Gasteiger charge is -2.34. The van der Waals surface area contributed by atoms with Crippen LogP contribution in [0.2, 0.25) is 0 Å². The molecule has 8 nitrogen and oxygen atoms in total. The molecule has 35 heavy (non-hydrogen) atoms. The van der Waals surface area contributed by atoms with Gasteiger partial charge in [0.25, 0.3) is 11.9 Å². The first kappa shape index (κ1) is 22.8. The second kappa shape index (κ2) is 8.64. The van der Waals surface area contributed by atoms with E-state index in [9.17, 15) is 22.8 Å². The molecule has 3 atom stereocenters. The van der Waals surface area contributed by atoms with Crippen LogP contribution in [0.25, 0.3) is 16.9 Å². The number of alkyl halides is 2. The Balaban J connectivity index is 1.51. The van der Waals surface area contributed by atoms with Gasteiger partial charge in [-0.2, -0.15) is 18.6 Å². The molecule has 0 bridgehead atoms. The summed E-state index contributed by atoms with van der Waals surface area (Å²) in [5.41, 5.74) is 1.19. The summed E-state index contributed by atoms with van der Waals surface area (Å²) in [6, 6.07) is 3.87. The van der Waals surface area contributed by atoms with Crippen LogP contribution in [-0.2, 0) is 9.59 Å². The molecule has 3 heterocycles. The first-order valence-corrected chi connectivity index (χ1v) is 11.0. The highest BCUT2D eigenvalue weighted by Gasteiger charge is 2.46. The van der Waals surface area contributed by atoms with Crippen LogP contribution in [0.15, 0.2) is 61.1 Å². The number of hydrogen-bond donors (Lipinski definition) is 1. The number of aromatic nitrogens is 4. The minimum atomic E-state index is -3.56. The van der Waals surface area contributed by atoms with E-state index >= 15 is 0 Å². The van der Waals surface area contributed by atoms with Crippen molar-refractivity contribution in [3.63, 3.8) is 0 Å². The second-order valence-electron chi connectivity index (χ2n) is 8.64. The number of amides is 2. The van der Waals surface area contributed by atoms with Crippen molar-refractivity contribution in [2.75, 3.05) is 4.90 Å². The van der Waals surface area contributed by atoms with Crippen LogP contribution in [0.3, 0.4) is 0 Å². The van der Waals surface area contributed by atoms with Gasteiger partial charge in [-0.25, -0.2) is 14.4 Å². The normalized spacial score (nSPS) is 22.2. The largest absolute Gasteiger partial charge is 0.346 e. The summed E-state index contributed by atoms with van der Waals surface area (Å²) in [6.07, 6.45) is 11.7. The van der Waals surface area contributed by atoms with Gasteiger partial charge in [-0.15, -0.1) is 0 Å². The zero-order valence-corrected chi connectivity index (χ0v) is 18.6. The number of carbonyl (C=O) groups excluding carboxylic acids is 2. The smallest absolute Gasteiger partial charge is 0.321 e. The zero-order valence-electron chi connectivity index (χ0n) is 18.6. The fraction of sp³-hybridized carbons (Fsp3) is 0.292. The lowest BCUT2D eigenvalue weighted by molar-refractivity contribution is -0.143. The van der Waals surface area contributed by atoms with E-state index < -0.39 is 29.7 Å². The van der Waals surface area contributed by atoms with Crippen LogP contribution < -0.4 is 10.2 Å². The first-order valence-electron chi connectivity index (χ1n) is 11.0. The molecular formula is C24H21F3N6O2. The van der Waals surface area contributed by atoms with E-state index in [1.54, 1.807) is 29.3 Å². The number of halogens is 3. The fourth-order valence-corrected chi connectivity index (χ4v) is 4.59. The summed E-state index contributed by atoms with van der Waals surface area (Å²) >= 11 is 0. The van der Waals surface area contributed by atoms with Crippen molar-refractivity contribution in [3.8, 4) is 5.95 Å². The highest BCUT2D eigenvalue weighted by atomic mass is 19.3. The lowest BCUT2D eigenvalue weighted by atomic mass is 9.88. The highest BCUT2D eigenvalue weighted by molar-refractivity contribution is 6.00. The van der Waals surface area contributed by atoms with Crippen molar-refractivity contribution < 1.29 is 22.8 Å². The molecule has 0 saturated carbocycles. The van der Waals surface area contributed by atoms with Crippen molar-refractivity contribution in [3.05, 3.63) is 66.9 Å². The van der Waals surface area contributed by atoms with Gasteiger partial charge in [0.2, 0.25) is 5.91 Å². The van der Waals surface area contributed by atoms with Crippen LogP contribution in [0, 0.1) is 11.7 Å². The van der Waals surface area contributed by atoms with Gasteiger partial charge in [0, 0.05) is 30.3 Å². The standard InChI is InChI=1S/C24H21F3N6O2/c1-24(26,27)22(35)31-18-10-20(34)32(21(18)14-5-3-2-4-6-14)17-7-8-19-15(9-17)11-30-33(19)23-28-12-16(25)13-29-23/h2-5,7-9,11-14,18,21H,6,10H2,1H3,(H,31,35)/t14?,18?,21-/m1/s1. The number of fused-ring (bicyclic) bond motifs is 1. The first-order chi connectivity index (χ1) is 16.7. The predicted molar refractivity (Wildman–Crippen MR) is 121 cm³/mol. The van der Waals surface area contributed by atoms with Gasteiger partial charge < -0.3 is 10.2 Å². The van der Waals surface area contributed by atoms with Crippen LogP contribution in [0.1, 0.15) is 19.8 Å². The zero-order chi connectivity index (χ0) is 24.7. The van der Waals surface area contributed by atoms with Crippen molar-refractivity contribution in [2.45, 2.75) is 37.8 Å². The van der Waals surface area contributed by atoms with E-state index in [2.05, 4.69) is 20.4 Å². The number of benzene rings is 1. The molecular weight excluding hydrogens is 461 g/mol. The van der Waals surface area contributed by atoms with Crippen molar-refractivity contribution >= 4 is 28.4 Å². The molecule has 1 aliphatic heterocycles. The number of allylic oxidation sites excluding steroid dienone is 3. The van der Waals surface area contributed by atoms with Gasteiger partial charge in [0.15, 0.2) is 5.82 Å². The van der Waals surface area contributed by atoms with Crippen molar-refractivity contribution in [1.82, 2.24) is 25.1 Å². The van der Waals surface area contributed by atoms with E-state index in [0.29, 0.717) is 29.9 Å². The van der Waals surface area contributed by atoms with Crippen molar-refractivity contribution in [2.24, 2.45) is 5.92 Å². The molecule has 0 radical (unpaired) electrons. The molecule has 11 heteroatoms. The Labute approximate surface area is 198 Å². The number of nitrogens with one attached hydrogen (secondary N) is 1. The maximum atomic E-state index is 13.6. The molecule has 1 aromatic carbocycles. The van der Waals surface area contributed by atoms with Crippen LogP contribution in [0.4, 0.5) is 18.9 Å². The number of rotatable bonds is 5. The van der Waals surface area contributed by atoms with E-state index in [1.165, 1.54) is 4.68 Å². The molecule has 1 saturated heterocycles. The fourth-order valence-electron chi connectivity index (χ4n) is 4.59. The van der Waals surface area contributed by atoms with E-state index in [-0.39, 0.29) is 24.2 Å². The molecule has 0 spiro atoms. The summed E-state index contributed by atoms with van der Waals surface area (Å²) in [4.78, 5) is 34.7. The summed E-state index contributed by atoms with van der Waals surface area (Å²) in [5.74, 6) is -5.80. The topological polar surface area (TPSA) is 93.0 Å². The molecule has 180 valence electrons. The quantitative estimate of drug-likeness (QED) is 0.602. The Hall–Kier alpha value is -4.02. The van der Waals surface area contributed by atoms with Crippen LogP contribution in [0.5, 0.6) is 0 Å². The summed E-state index contributed by atoms with van der Waals surface area (Å²) in [5, 5.41) is 7.34. The second-order valence-corrected chi connectivity index (χ2v) is 8.64. The maximum absolute atomic E-state index is 13.6. The Kier molecular flexibility index (Phi) is 5.62. The maximum Gasteiger partial charge on any atom is 0.321 e. The Morgan fingerprint density at radius 3 is 2.63 bits per heavy atom. The monoisotopic (exact) mass is 482 g/mol. The molecule has 2 aliphatic rings. The molecule has 2 unspecified atom stereocenters. The van der Waals surface area contributed by atoms with E-state index in [1.807, 2.05) is 24.3 Å². The van der Waals surface area contributed by atoms with Gasteiger partial charge in [-0.3, -0.25) is 9.59 Å². The third-order valence-corrected chi connectivity index (χ3v) is 6.17. The molecule has 5 rings (SSSR count). The minimum Gasteiger partial charge on any atom is -0.346 e. The number of carbonyl (C=O) groups is 2. The summed E-state index contributed by atoms with van der Waals surface area (Å²) in [7, 11) is 0. The molecule has 2 aromatic heterocycles. The Bertz CT molecular complexity index is 1350. The molecule has 3 aromatic rings. The third kappa shape index (κ3) is 4.29. The van der Waals surface area contributed by atoms with Gasteiger partial charge in [-0.1, -0.05) is 24.3 Å². The number of nitrogens with zero attached hydrogens (tertiary/aromatic N) is 5. The van der Waals surface area contributed by atoms with Gasteiger partial charge in [0.05, 0.1) is 36.2 Å². The molecule has 2 amide bonds. The summed E-state index contributed by atoms with van der Waals surface area (Å²) in [6.45, 7) is 0.533. The van der Waals surface area contributed by atoms with Crippen LogP contribution >= 0.6 is 0 Å². The SMILES string of the molecule is CC(F)(F)C(=O)NC1CC(=O)N(c2ccc3c(cnn3-c3ncc(F)cn3)c2)[C@@H]1C1C=CC=CC1. The Morgan fingerprint density at radius 1 is 1.17 bits per heavy atom. The molecule has 1 N–H and O–H groups in total. The van der Waals surface area contributed by atoms with E-state index in [0.717, 1.165) is 12.4 Å². The average molecular weight is 482 g/mol. The Morgan fingerprint density at radius 2 is 1.94 bits per heavy atom. The van der Waals surface area contributed by atoms with Gasteiger partial charge in [-0.05, 0) is 24.6 Å². The lowest BCUT2D eigenvalue weighted by Crippen LogP contribution is -2.52. The average Bonchev–Trinajstić information content (AvgIpc) is 3.39. The number of anilines is 1. The van der Waals surface area contributed by atoms with Gasteiger partial charge in [0.1, 0.15) is 0 Å². The van der Waals surface area contributed by atoms with Crippen LogP contribution in [-0.4, -0.2) is 49.6 Å². The van der Waals surface area contributed by atoms with E-state index in [4.69, 9.17) is 0 Å². The number of hydrogen-bond acceptors (Lipinski definition) is 5. The third-order valence-electron chi connectivity index (χ3n) is 6.17. The molecule has 1 fully saturated rings. The summed E-state index contributed by atoms with van der Waals surface area (Å²) < 4.78 is 41.9. The minimum absolute atomic E-state index is 0.0960.